The molecule has 0 aromatic heterocycles. The second-order valence-corrected chi connectivity index (χ2v) is 3.85. The summed E-state index contributed by atoms with van der Waals surface area (Å²) < 4.78 is 0. The van der Waals surface area contributed by atoms with Crippen molar-refractivity contribution in [2.45, 2.75) is 32.3 Å². The maximum atomic E-state index is 9.34. The second kappa shape index (κ2) is 4.83. The molecule has 0 fully saturated rings. The lowest BCUT2D eigenvalue weighted by molar-refractivity contribution is 0.143. The van der Waals surface area contributed by atoms with E-state index in [0.717, 1.165) is 12.8 Å². The van der Waals surface area contributed by atoms with Crippen LogP contribution in [0.15, 0.2) is 30.3 Å². The molecule has 0 spiro atoms. The zero-order valence-electron chi connectivity index (χ0n) is 8.75. The Labute approximate surface area is 85.8 Å². The van der Waals surface area contributed by atoms with E-state index in [2.05, 4.69) is 24.0 Å². The Morgan fingerprint density at radius 3 is 2.43 bits per heavy atom. The van der Waals surface area contributed by atoms with Crippen LogP contribution in [0.3, 0.4) is 0 Å². The van der Waals surface area contributed by atoms with Crippen LogP contribution in [-0.4, -0.2) is 10.7 Å². The molecule has 1 nitrogen and oxygen atoms in total. The molecule has 0 atom stereocenters. The topological polar surface area (TPSA) is 20.2 Å². The summed E-state index contributed by atoms with van der Waals surface area (Å²) in [5.41, 5.74) is 0.425. The lowest BCUT2D eigenvalue weighted by Gasteiger charge is -2.05. The number of benzene rings is 1. The summed E-state index contributed by atoms with van der Waals surface area (Å²) in [4.78, 5) is 0. The van der Waals surface area contributed by atoms with Crippen LogP contribution in [0.2, 0.25) is 0 Å². The molecule has 0 heterocycles. The molecule has 1 aromatic rings. The van der Waals surface area contributed by atoms with Crippen molar-refractivity contribution in [3.05, 3.63) is 35.9 Å². The van der Waals surface area contributed by atoms with Crippen LogP contribution in [0, 0.1) is 11.8 Å². The van der Waals surface area contributed by atoms with Crippen LogP contribution in [0.1, 0.15) is 25.8 Å². The normalized spacial score (nSPS) is 10.5. The van der Waals surface area contributed by atoms with E-state index in [9.17, 15) is 5.11 Å². The largest absolute Gasteiger partial charge is 0.378 e. The molecule has 1 N–H and O–H groups in total. The summed E-state index contributed by atoms with van der Waals surface area (Å²) in [5.74, 6) is 5.77. The molecule has 0 amide bonds. The van der Waals surface area contributed by atoms with Crippen LogP contribution < -0.4 is 0 Å². The molecule has 0 unspecified atom stereocenters. The maximum Gasteiger partial charge on any atom is 0.119 e. The first-order valence-corrected chi connectivity index (χ1v) is 4.84. The molecule has 74 valence electrons. The first kappa shape index (κ1) is 10.8. The molecule has 0 aliphatic rings. The SMILES string of the molecule is CC(C)(O)C#CCCc1ccccc1. The standard InChI is InChI=1S/C13H16O/c1-13(2,14)11-7-6-10-12-8-4-3-5-9-12/h3-5,8-9,14H,6,10H2,1-2H3. The lowest BCUT2D eigenvalue weighted by Crippen LogP contribution is -2.14. The third-order valence-electron chi connectivity index (χ3n) is 1.78. The highest BCUT2D eigenvalue weighted by atomic mass is 16.3. The minimum absolute atomic E-state index is 0.800. The van der Waals surface area contributed by atoms with Crippen LogP contribution in [0.25, 0.3) is 0 Å². The van der Waals surface area contributed by atoms with Crippen molar-refractivity contribution in [1.82, 2.24) is 0 Å². The number of rotatable bonds is 2. The van der Waals surface area contributed by atoms with Crippen molar-refractivity contribution < 1.29 is 5.11 Å². The molecule has 1 rings (SSSR count). The lowest BCUT2D eigenvalue weighted by atomic mass is 10.1. The molecule has 0 aliphatic carbocycles. The third kappa shape index (κ3) is 4.69. The van der Waals surface area contributed by atoms with Gasteiger partial charge in [0.15, 0.2) is 0 Å². The third-order valence-corrected chi connectivity index (χ3v) is 1.78. The molecule has 1 aromatic carbocycles. The summed E-state index contributed by atoms with van der Waals surface area (Å²) >= 11 is 0. The van der Waals surface area contributed by atoms with Gasteiger partial charge < -0.3 is 5.11 Å². The Balaban J connectivity index is 2.39. The average molecular weight is 188 g/mol. The van der Waals surface area contributed by atoms with Crippen molar-refractivity contribution >= 4 is 0 Å². The second-order valence-electron chi connectivity index (χ2n) is 3.85. The molecule has 0 saturated heterocycles. The monoisotopic (exact) mass is 188 g/mol. The molecule has 1 heteroatoms. The minimum Gasteiger partial charge on any atom is -0.378 e. The molecule has 0 radical (unpaired) electrons. The summed E-state index contributed by atoms with van der Waals surface area (Å²) in [6.07, 6.45) is 1.75. The Morgan fingerprint density at radius 1 is 1.21 bits per heavy atom. The first-order chi connectivity index (χ1) is 6.58. The van der Waals surface area contributed by atoms with E-state index >= 15 is 0 Å². The van der Waals surface area contributed by atoms with Crippen molar-refractivity contribution in [3.8, 4) is 11.8 Å². The van der Waals surface area contributed by atoms with Gasteiger partial charge in [-0.15, -0.1) is 0 Å². The molecule has 0 bridgehead atoms. The van der Waals surface area contributed by atoms with E-state index in [4.69, 9.17) is 0 Å². The quantitative estimate of drug-likeness (QED) is 0.706. The Bertz CT molecular complexity index is 322. The average Bonchev–Trinajstić information content (AvgIpc) is 2.13. The highest BCUT2D eigenvalue weighted by molar-refractivity contribution is 5.17. The van der Waals surface area contributed by atoms with E-state index in [1.807, 2.05) is 18.2 Å². The zero-order valence-corrected chi connectivity index (χ0v) is 8.75. The smallest absolute Gasteiger partial charge is 0.119 e. The highest BCUT2D eigenvalue weighted by Gasteiger charge is 2.04. The van der Waals surface area contributed by atoms with Crippen LogP contribution >= 0.6 is 0 Å². The van der Waals surface area contributed by atoms with Gasteiger partial charge in [-0.3, -0.25) is 0 Å². The van der Waals surface area contributed by atoms with Gasteiger partial charge in [0.25, 0.3) is 0 Å². The van der Waals surface area contributed by atoms with Gasteiger partial charge in [0.1, 0.15) is 5.60 Å². The Kier molecular flexibility index (Phi) is 3.73. The van der Waals surface area contributed by atoms with Gasteiger partial charge >= 0.3 is 0 Å². The van der Waals surface area contributed by atoms with Crippen LogP contribution in [0.5, 0.6) is 0 Å². The van der Waals surface area contributed by atoms with Gasteiger partial charge in [-0.2, -0.15) is 0 Å². The van der Waals surface area contributed by atoms with Gasteiger partial charge in [0.2, 0.25) is 0 Å². The van der Waals surface area contributed by atoms with Crippen molar-refractivity contribution in [2.24, 2.45) is 0 Å². The summed E-state index contributed by atoms with van der Waals surface area (Å²) in [6, 6.07) is 10.2. The van der Waals surface area contributed by atoms with Crippen molar-refractivity contribution in [3.63, 3.8) is 0 Å². The zero-order chi connectivity index (χ0) is 10.4. The highest BCUT2D eigenvalue weighted by Crippen LogP contribution is 2.02. The predicted octanol–water partition coefficient (Wildman–Crippen LogP) is 2.39. The van der Waals surface area contributed by atoms with E-state index in [0.29, 0.717) is 0 Å². The van der Waals surface area contributed by atoms with Gasteiger partial charge in [-0.05, 0) is 25.8 Å². The van der Waals surface area contributed by atoms with Gasteiger partial charge in [-0.25, -0.2) is 0 Å². The van der Waals surface area contributed by atoms with Crippen LogP contribution in [-0.2, 0) is 6.42 Å². The van der Waals surface area contributed by atoms with E-state index in [1.165, 1.54) is 5.56 Å². The Morgan fingerprint density at radius 2 is 1.86 bits per heavy atom. The molecule has 0 aliphatic heterocycles. The van der Waals surface area contributed by atoms with Crippen molar-refractivity contribution in [2.75, 3.05) is 0 Å². The summed E-state index contributed by atoms with van der Waals surface area (Å²) in [6.45, 7) is 3.39. The van der Waals surface area contributed by atoms with Gasteiger partial charge in [0, 0.05) is 6.42 Å². The number of hydrogen-bond donors (Lipinski definition) is 1. The summed E-state index contributed by atoms with van der Waals surface area (Å²) in [7, 11) is 0. The molecular formula is C13H16O. The molecular weight excluding hydrogens is 172 g/mol. The number of hydrogen-bond acceptors (Lipinski definition) is 1. The van der Waals surface area contributed by atoms with E-state index in [-0.39, 0.29) is 0 Å². The first-order valence-electron chi connectivity index (χ1n) is 4.84. The number of aliphatic hydroxyl groups is 1. The fraction of sp³-hybridized carbons (Fsp3) is 0.385. The predicted molar refractivity (Wildman–Crippen MR) is 58.8 cm³/mol. The molecule has 14 heavy (non-hydrogen) atoms. The van der Waals surface area contributed by atoms with Gasteiger partial charge in [-0.1, -0.05) is 42.2 Å². The molecule has 0 saturated carbocycles. The van der Waals surface area contributed by atoms with Crippen molar-refractivity contribution in [1.29, 1.82) is 0 Å². The fourth-order valence-electron chi connectivity index (χ4n) is 1.13. The number of aryl methyl sites for hydroxylation is 1. The summed E-state index contributed by atoms with van der Waals surface area (Å²) in [5, 5.41) is 9.34. The fourth-order valence-corrected chi connectivity index (χ4v) is 1.13. The minimum atomic E-state index is -0.864. The van der Waals surface area contributed by atoms with Crippen LogP contribution in [0.4, 0.5) is 0 Å². The van der Waals surface area contributed by atoms with E-state index in [1.54, 1.807) is 13.8 Å². The van der Waals surface area contributed by atoms with E-state index < -0.39 is 5.60 Å². The van der Waals surface area contributed by atoms with Gasteiger partial charge in [0.05, 0.1) is 0 Å². The Hall–Kier alpha value is -1.26. The maximum absolute atomic E-state index is 9.34.